The SMILES string of the molecule is c1ccc2c(c1)-c1ccccc1C21c2ccccc2-c2ccc(N(c3ccc(-c4cccc5c4oc4ccccc45)cc3)c3ccc4c(c3)C3(c5ccccc5-4)c4ccccc4-n4c5ccccc5c5cccc3c54)cc21. The normalized spacial score (nSPS) is 15.4. The maximum Gasteiger partial charge on any atom is 0.143 e. The van der Waals surface area contributed by atoms with Gasteiger partial charge in [0.2, 0.25) is 0 Å². The number of fused-ring (bicyclic) bond motifs is 25. The lowest BCUT2D eigenvalue weighted by Gasteiger charge is -2.40. The highest BCUT2D eigenvalue weighted by atomic mass is 16.3. The Hall–Kier alpha value is -9.96. The van der Waals surface area contributed by atoms with Gasteiger partial charge >= 0.3 is 0 Å². The highest BCUT2D eigenvalue weighted by Crippen LogP contribution is 2.65. The molecular weight excluding hydrogens is 933 g/mol. The summed E-state index contributed by atoms with van der Waals surface area (Å²) in [6, 6.07) is 100. The summed E-state index contributed by atoms with van der Waals surface area (Å²) in [7, 11) is 0. The molecule has 2 aromatic heterocycles. The second-order valence-electron chi connectivity index (χ2n) is 21.4. The van der Waals surface area contributed by atoms with Crippen LogP contribution in [0.5, 0.6) is 0 Å². The smallest absolute Gasteiger partial charge is 0.143 e. The molecule has 0 saturated heterocycles. The predicted octanol–water partition coefficient (Wildman–Crippen LogP) is 18.8. The minimum Gasteiger partial charge on any atom is -0.455 e. The largest absolute Gasteiger partial charge is 0.455 e. The van der Waals surface area contributed by atoms with Crippen molar-refractivity contribution < 1.29 is 4.42 Å². The van der Waals surface area contributed by atoms with Gasteiger partial charge in [-0.1, -0.05) is 212 Å². The van der Waals surface area contributed by atoms with Crippen molar-refractivity contribution in [2.45, 2.75) is 10.8 Å². The maximum absolute atomic E-state index is 6.62. The zero-order valence-corrected chi connectivity index (χ0v) is 41.7. The highest BCUT2D eigenvalue weighted by molar-refractivity contribution is 6.13. The van der Waals surface area contributed by atoms with E-state index in [-0.39, 0.29) is 0 Å². The van der Waals surface area contributed by atoms with Gasteiger partial charge in [-0.05, 0) is 138 Å². The number of rotatable bonds is 4. The summed E-state index contributed by atoms with van der Waals surface area (Å²) in [5.41, 5.74) is 28.1. The Kier molecular flexibility index (Phi) is 8.00. The molecule has 77 heavy (non-hydrogen) atoms. The summed E-state index contributed by atoms with van der Waals surface area (Å²) in [5.74, 6) is 0. The second kappa shape index (κ2) is 14.9. The Balaban J connectivity index is 0.904. The van der Waals surface area contributed by atoms with Crippen LogP contribution < -0.4 is 4.90 Å². The Bertz CT molecular complexity index is 4830. The zero-order valence-electron chi connectivity index (χ0n) is 41.7. The quantitative estimate of drug-likeness (QED) is 0.175. The van der Waals surface area contributed by atoms with E-state index in [1.165, 1.54) is 105 Å². The van der Waals surface area contributed by atoms with E-state index in [0.717, 1.165) is 50.1 Å². The van der Waals surface area contributed by atoms with Crippen molar-refractivity contribution in [3.8, 4) is 50.2 Å². The van der Waals surface area contributed by atoms with E-state index in [1.54, 1.807) is 0 Å². The van der Waals surface area contributed by atoms with E-state index in [4.69, 9.17) is 4.42 Å². The van der Waals surface area contributed by atoms with Crippen LogP contribution in [0.1, 0.15) is 44.5 Å². The van der Waals surface area contributed by atoms with E-state index in [0.29, 0.717) is 0 Å². The van der Waals surface area contributed by atoms with Gasteiger partial charge in [0.1, 0.15) is 11.2 Å². The van der Waals surface area contributed by atoms with Crippen LogP contribution in [0, 0.1) is 0 Å². The lowest BCUT2D eigenvalue weighted by molar-refractivity contribution is 0.670. The Labute approximate surface area is 444 Å². The first-order valence-corrected chi connectivity index (χ1v) is 26.8. The number of hydrogen-bond donors (Lipinski definition) is 0. The first kappa shape index (κ1) is 41.4. The molecule has 0 radical (unpaired) electrons. The van der Waals surface area contributed by atoms with Crippen molar-refractivity contribution in [2.75, 3.05) is 4.90 Å². The average molecular weight is 977 g/mol. The number of aromatic nitrogens is 1. The lowest BCUT2D eigenvalue weighted by Crippen LogP contribution is -2.33. The van der Waals surface area contributed by atoms with Crippen LogP contribution in [0.15, 0.2) is 271 Å². The molecule has 18 rings (SSSR count). The number of para-hydroxylation sites is 5. The number of anilines is 3. The molecule has 0 N–H and O–H groups in total. The van der Waals surface area contributed by atoms with Crippen LogP contribution in [0.25, 0.3) is 93.9 Å². The Morgan fingerprint density at radius 3 is 1.38 bits per heavy atom. The summed E-state index contributed by atoms with van der Waals surface area (Å²) >= 11 is 0. The van der Waals surface area contributed by atoms with Gasteiger partial charge in [0.25, 0.3) is 0 Å². The van der Waals surface area contributed by atoms with Gasteiger partial charge in [-0.25, -0.2) is 0 Å². The van der Waals surface area contributed by atoms with Crippen molar-refractivity contribution in [1.82, 2.24) is 4.57 Å². The van der Waals surface area contributed by atoms with Crippen LogP contribution in [0.2, 0.25) is 0 Å². The molecule has 12 aromatic carbocycles. The van der Waals surface area contributed by atoms with Crippen LogP contribution in [-0.2, 0) is 10.8 Å². The summed E-state index contributed by atoms with van der Waals surface area (Å²) in [6.45, 7) is 0. The molecule has 1 unspecified atom stereocenters. The van der Waals surface area contributed by atoms with Gasteiger partial charge in [0, 0.05) is 44.2 Å². The minimum absolute atomic E-state index is 0.498. The molecule has 356 valence electrons. The molecule has 0 amide bonds. The number of hydrogen-bond acceptors (Lipinski definition) is 2. The van der Waals surface area contributed by atoms with Gasteiger partial charge in [-0.15, -0.1) is 0 Å². The number of nitrogens with zero attached hydrogens (tertiary/aromatic N) is 2. The standard InChI is InChI=1S/C74H44N2O/c1-7-26-60-50(17-1)51-18-2-8-27-61(51)73(60)62-28-9-3-19-52(62)54-41-39-47(43-66(54)73)75(46-37-35-45(36-38-46)49-23-15-25-59-57-22-6-14-34-70(57)77-72(49)59)48-40-42-55-53-20-4-10-29-63(53)74(67(55)44-48)64-30-11-13-33-69(64)76-68-32-12-5-21-56(68)58-24-16-31-65(74)71(58)76/h1-44H. The molecule has 3 heterocycles. The summed E-state index contributed by atoms with van der Waals surface area (Å²) in [4.78, 5) is 2.51. The third-order valence-electron chi connectivity index (χ3n) is 18.0. The van der Waals surface area contributed by atoms with E-state index in [9.17, 15) is 0 Å². The molecule has 3 aliphatic carbocycles. The van der Waals surface area contributed by atoms with Gasteiger partial charge in [0.05, 0.1) is 27.6 Å². The Morgan fingerprint density at radius 2 is 0.740 bits per heavy atom. The van der Waals surface area contributed by atoms with E-state index < -0.39 is 10.8 Å². The Morgan fingerprint density at radius 1 is 0.299 bits per heavy atom. The minimum atomic E-state index is -0.607. The van der Waals surface area contributed by atoms with Crippen molar-refractivity contribution in [2.24, 2.45) is 0 Å². The molecule has 2 spiro atoms. The molecule has 4 aliphatic rings. The van der Waals surface area contributed by atoms with Crippen LogP contribution >= 0.6 is 0 Å². The molecule has 1 aliphatic heterocycles. The number of benzene rings is 12. The summed E-state index contributed by atoms with van der Waals surface area (Å²) < 4.78 is 9.15. The fourth-order valence-corrected chi connectivity index (χ4v) is 15.1. The maximum atomic E-state index is 6.62. The molecule has 3 nitrogen and oxygen atoms in total. The van der Waals surface area contributed by atoms with Crippen molar-refractivity contribution >= 4 is 60.8 Å². The molecule has 0 bridgehead atoms. The first-order valence-electron chi connectivity index (χ1n) is 26.8. The van der Waals surface area contributed by atoms with Crippen molar-refractivity contribution in [3.05, 3.63) is 311 Å². The van der Waals surface area contributed by atoms with Gasteiger partial charge in [0.15, 0.2) is 0 Å². The van der Waals surface area contributed by atoms with E-state index >= 15 is 0 Å². The molecule has 3 heteroatoms. The van der Waals surface area contributed by atoms with Crippen LogP contribution in [0.4, 0.5) is 17.1 Å². The summed E-state index contributed by atoms with van der Waals surface area (Å²) in [5, 5.41) is 4.80. The zero-order chi connectivity index (χ0) is 50.1. The van der Waals surface area contributed by atoms with Gasteiger partial charge < -0.3 is 13.9 Å². The fourth-order valence-electron chi connectivity index (χ4n) is 15.1. The monoisotopic (exact) mass is 976 g/mol. The fraction of sp³-hybridized carbons (Fsp3) is 0.0270. The van der Waals surface area contributed by atoms with E-state index in [1.807, 2.05) is 6.07 Å². The molecule has 0 fully saturated rings. The van der Waals surface area contributed by atoms with E-state index in [2.05, 4.69) is 270 Å². The molecular formula is C74H44N2O. The number of furan rings is 1. The van der Waals surface area contributed by atoms with Crippen molar-refractivity contribution in [1.29, 1.82) is 0 Å². The highest BCUT2D eigenvalue weighted by Gasteiger charge is 2.53. The van der Waals surface area contributed by atoms with Crippen molar-refractivity contribution in [3.63, 3.8) is 0 Å². The first-order chi connectivity index (χ1) is 38.2. The topological polar surface area (TPSA) is 21.3 Å². The molecule has 14 aromatic rings. The lowest BCUT2D eigenvalue weighted by atomic mass is 9.65. The van der Waals surface area contributed by atoms with Crippen LogP contribution in [0.3, 0.4) is 0 Å². The third kappa shape index (κ3) is 5.07. The summed E-state index contributed by atoms with van der Waals surface area (Å²) in [6.07, 6.45) is 0. The van der Waals surface area contributed by atoms with Gasteiger partial charge in [-0.3, -0.25) is 0 Å². The molecule has 1 atom stereocenters. The molecule has 0 saturated carbocycles. The second-order valence-corrected chi connectivity index (χ2v) is 21.4. The van der Waals surface area contributed by atoms with Gasteiger partial charge in [-0.2, -0.15) is 0 Å². The van der Waals surface area contributed by atoms with Crippen LogP contribution in [-0.4, -0.2) is 4.57 Å². The predicted molar refractivity (Wildman–Crippen MR) is 315 cm³/mol. The third-order valence-corrected chi connectivity index (χ3v) is 18.0. The average Bonchev–Trinajstić information content (AvgIpc) is 4.12.